The van der Waals surface area contributed by atoms with Crippen molar-refractivity contribution in [3.63, 3.8) is 0 Å². The van der Waals surface area contributed by atoms with E-state index >= 15 is 0 Å². The van der Waals surface area contributed by atoms with Gasteiger partial charge in [0.05, 0.1) is 6.61 Å². The van der Waals surface area contributed by atoms with E-state index in [4.69, 9.17) is 15.6 Å². The van der Waals surface area contributed by atoms with Gasteiger partial charge < -0.3 is 35.8 Å². The Labute approximate surface area is 104 Å². The van der Waals surface area contributed by atoms with E-state index in [0.29, 0.717) is 0 Å². The van der Waals surface area contributed by atoms with Crippen LogP contribution in [0.3, 0.4) is 0 Å². The minimum absolute atomic E-state index is 0.149. The van der Waals surface area contributed by atoms with Gasteiger partial charge in [-0.05, 0) is 13.0 Å². The first kappa shape index (κ1) is 13.2. The maximum atomic E-state index is 10.2. The van der Waals surface area contributed by atoms with Gasteiger partial charge in [0.1, 0.15) is 23.6 Å². The normalized spacial score (nSPS) is 44.3. The van der Waals surface area contributed by atoms with Crippen molar-refractivity contribution in [1.29, 1.82) is 0 Å². The lowest BCUT2D eigenvalue weighted by Crippen LogP contribution is -2.54. The highest BCUT2D eigenvalue weighted by molar-refractivity contribution is 5.91. The topological polar surface area (TPSA) is 132 Å². The van der Waals surface area contributed by atoms with Gasteiger partial charge in [-0.2, -0.15) is 0 Å². The van der Waals surface area contributed by atoms with Crippen molar-refractivity contribution in [2.45, 2.75) is 37.3 Å². The van der Waals surface area contributed by atoms with Crippen LogP contribution in [0, 0.1) is 0 Å². The molecule has 5 atom stereocenters. The van der Waals surface area contributed by atoms with E-state index in [-0.39, 0.29) is 5.84 Å². The predicted molar refractivity (Wildman–Crippen MR) is 61.0 cm³/mol. The fraction of sp³-hybridized carbons (Fsp3) is 0.700. The van der Waals surface area contributed by atoms with Crippen molar-refractivity contribution >= 4 is 5.84 Å². The zero-order valence-electron chi connectivity index (χ0n) is 9.84. The molecule has 0 radical (unpaired) electrons. The molecule has 0 amide bonds. The van der Waals surface area contributed by atoms with Crippen LogP contribution in [0.2, 0.25) is 0 Å². The summed E-state index contributed by atoms with van der Waals surface area (Å²) in [7, 11) is 0. The monoisotopic (exact) mass is 259 g/mol. The average Bonchev–Trinajstić information content (AvgIpc) is 2.52. The minimum Gasteiger partial charge on any atom is -0.394 e. The molecule has 0 aliphatic carbocycles. The third-order valence-electron chi connectivity index (χ3n) is 3.15. The molecule has 0 spiro atoms. The summed E-state index contributed by atoms with van der Waals surface area (Å²) in [5, 5.41) is 38.8. The molecule has 0 aromatic heterocycles. The number of rotatable bonds is 2. The highest BCUT2D eigenvalue weighted by Crippen LogP contribution is 2.34. The molecule has 18 heavy (non-hydrogen) atoms. The highest BCUT2D eigenvalue weighted by Gasteiger charge is 2.54. The summed E-state index contributed by atoms with van der Waals surface area (Å²) in [4.78, 5) is 4.92. The smallest absolute Gasteiger partial charge is 0.229 e. The molecule has 2 aliphatic rings. The predicted octanol–water partition coefficient (Wildman–Crippen LogP) is -2.72. The second-order valence-electron chi connectivity index (χ2n) is 4.54. The van der Waals surface area contributed by atoms with Gasteiger partial charge in [0.15, 0.2) is 6.23 Å². The molecule has 6 N–H and O–H groups in total. The number of hydrogen-bond donors (Lipinski definition) is 5. The molecule has 2 rings (SSSR count). The molecule has 2 heterocycles. The molecule has 2 aliphatic heterocycles. The Morgan fingerprint density at radius 1 is 1.56 bits per heavy atom. The van der Waals surface area contributed by atoms with Crippen LogP contribution in [0.25, 0.3) is 0 Å². The first-order valence-corrected chi connectivity index (χ1v) is 5.51. The quantitative estimate of drug-likeness (QED) is 0.364. The van der Waals surface area contributed by atoms with Crippen molar-refractivity contribution in [2.24, 2.45) is 10.7 Å². The molecule has 0 bridgehead atoms. The molecule has 8 heteroatoms. The summed E-state index contributed by atoms with van der Waals surface area (Å²) in [6, 6.07) is 0. The van der Waals surface area contributed by atoms with Crippen LogP contribution in [0.5, 0.6) is 0 Å². The third kappa shape index (κ3) is 1.98. The summed E-state index contributed by atoms with van der Waals surface area (Å²) in [6.07, 6.45) is -1.68. The minimum atomic E-state index is -1.65. The SMILES string of the molecule is C[C@@]1(O)[C@@H](O)[C@@H](CO)O[C@H]1N1C=CC(N)=NC1O. The van der Waals surface area contributed by atoms with Crippen LogP contribution >= 0.6 is 0 Å². The van der Waals surface area contributed by atoms with Crippen LogP contribution in [0.15, 0.2) is 17.3 Å². The van der Waals surface area contributed by atoms with E-state index < -0.39 is 37.0 Å². The lowest BCUT2D eigenvalue weighted by molar-refractivity contribution is -0.160. The molecule has 1 saturated heterocycles. The number of ether oxygens (including phenoxy) is 1. The van der Waals surface area contributed by atoms with Crippen LogP contribution < -0.4 is 5.73 Å². The Hall–Kier alpha value is -1.19. The van der Waals surface area contributed by atoms with E-state index in [1.165, 1.54) is 24.1 Å². The number of nitrogens with two attached hydrogens (primary N) is 1. The molecule has 0 saturated carbocycles. The number of aliphatic imine (C=N–C) groups is 1. The zero-order chi connectivity index (χ0) is 13.5. The molecule has 1 unspecified atom stereocenters. The largest absolute Gasteiger partial charge is 0.394 e. The van der Waals surface area contributed by atoms with Gasteiger partial charge in [-0.25, -0.2) is 4.99 Å². The van der Waals surface area contributed by atoms with Gasteiger partial charge in [-0.3, -0.25) is 0 Å². The Morgan fingerprint density at radius 2 is 2.22 bits per heavy atom. The average molecular weight is 259 g/mol. The molecule has 0 aromatic carbocycles. The van der Waals surface area contributed by atoms with E-state index in [9.17, 15) is 15.3 Å². The summed E-state index contributed by atoms with van der Waals surface area (Å²) < 4.78 is 5.34. The number of aliphatic hydroxyl groups is 4. The van der Waals surface area contributed by atoms with Gasteiger partial charge in [-0.15, -0.1) is 0 Å². The van der Waals surface area contributed by atoms with E-state index in [2.05, 4.69) is 4.99 Å². The summed E-state index contributed by atoms with van der Waals surface area (Å²) in [5.41, 5.74) is 3.77. The number of nitrogens with zero attached hydrogens (tertiary/aromatic N) is 2. The number of hydrogen-bond acceptors (Lipinski definition) is 8. The van der Waals surface area contributed by atoms with Gasteiger partial charge >= 0.3 is 0 Å². The number of aliphatic hydroxyl groups excluding tert-OH is 3. The van der Waals surface area contributed by atoms with Gasteiger partial charge in [0.25, 0.3) is 0 Å². The van der Waals surface area contributed by atoms with E-state index in [1.54, 1.807) is 0 Å². The van der Waals surface area contributed by atoms with Crippen LogP contribution in [0.4, 0.5) is 0 Å². The second kappa shape index (κ2) is 4.48. The Balaban J connectivity index is 2.22. The van der Waals surface area contributed by atoms with Crippen LogP contribution in [-0.2, 0) is 4.74 Å². The molecule has 8 nitrogen and oxygen atoms in total. The van der Waals surface area contributed by atoms with Gasteiger partial charge in [0, 0.05) is 6.20 Å². The molecule has 102 valence electrons. The zero-order valence-corrected chi connectivity index (χ0v) is 9.84. The van der Waals surface area contributed by atoms with E-state index in [0.717, 1.165) is 0 Å². The van der Waals surface area contributed by atoms with E-state index in [1.807, 2.05) is 0 Å². The lowest BCUT2D eigenvalue weighted by Gasteiger charge is -2.37. The highest BCUT2D eigenvalue weighted by atomic mass is 16.6. The first-order chi connectivity index (χ1) is 8.37. The third-order valence-corrected chi connectivity index (χ3v) is 3.15. The van der Waals surface area contributed by atoms with Gasteiger partial charge in [-0.1, -0.05) is 0 Å². The molecule has 0 aromatic rings. The van der Waals surface area contributed by atoms with Crippen molar-refractivity contribution in [3.05, 3.63) is 12.3 Å². The van der Waals surface area contributed by atoms with Gasteiger partial charge in [0.2, 0.25) is 6.35 Å². The van der Waals surface area contributed by atoms with Crippen molar-refractivity contribution in [3.8, 4) is 0 Å². The maximum absolute atomic E-state index is 10.2. The standard InChI is InChI=1S/C10H17N3O5/c1-10(17)7(15)5(4-14)18-8(10)13-3-2-6(11)12-9(13)16/h2-3,5,7-9,14-17H,4H2,1H3,(H2,11,12)/t5-,7+,8-,9?,10-/m1/s1. The fourth-order valence-corrected chi connectivity index (χ4v) is 2.10. The Morgan fingerprint density at radius 3 is 2.72 bits per heavy atom. The molecular weight excluding hydrogens is 242 g/mol. The first-order valence-electron chi connectivity index (χ1n) is 5.51. The van der Waals surface area contributed by atoms with Crippen molar-refractivity contribution in [1.82, 2.24) is 4.90 Å². The number of amidine groups is 1. The van der Waals surface area contributed by atoms with Crippen molar-refractivity contribution in [2.75, 3.05) is 6.61 Å². The summed E-state index contributed by atoms with van der Waals surface area (Å²) >= 11 is 0. The van der Waals surface area contributed by atoms with Crippen LogP contribution in [0.1, 0.15) is 6.92 Å². The summed E-state index contributed by atoms with van der Waals surface area (Å²) in [5.74, 6) is 0.149. The molecular formula is C10H17N3O5. The molecule has 1 fully saturated rings. The Kier molecular flexibility index (Phi) is 3.30. The Bertz CT molecular complexity index is 384. The van der Waals surface area contributed by atoms with Crippen LogP contribution in [-0.4, -0.2) is 68.2 Å². The fourth-order valence-electron chi connectivity index (χ4n) is 2.10. The maximum Gasteiger partial charge on any atom is 0.229 e. The lowest BCUT2D eigenvalue weighted by atomic mass is 9.96. The second-order valence-corrected chi connectivity index (χ2v) is 4.54. The summed E-state index contributed by atoms with van der Waals surface area (Å²) in [6.45, 7) is 0.924. The van der Waals surface area contributed by atoms with Crippen molar-refractivity contribution < 1.29 is 25.2 Å².